The molecule has 3 unspecified atom stereocenters. The van der Waals surface area contributed by atoms with Crippen LogP contribution in [-0.2, 0) is 19.6 Å². The van der Waals surface area contributed by atoms with Crippen LogP contribution in [0.1, 0.15) is 65.7 Å². The molecule has 9 nitrogen and oxygen atoms in total. The van der Waals surface area contributed by atoms with Crippen molar-refractivity contribution in [1.82, 2.24) is 0 Å². The first-order valence-electron chi connectivity index (χ1n) is 12.0. The van der Waals surface area contributed by atoms with Crippen LogP contribution in [0, 0.1) is 17.3 Å². The van der Waals surface area contributed by atoms with Crippen LogP contribution in [0.5, 0.6) is 0 Å². The molecule has 4 bridgehead atoms. The summed E-state index contributed by atoms with van der Waals surface area (Å²) < 4.78 is 94.2. The largest absolute Gasteiger partial charge is 0.462 e. The van der Waals surface area contributed by atoms with Crippen molar-refractivity contribution in [1.29, 1.82) is 0 Å². The van der Waals surface area contributed by atoms with Crippen LogP contribution >= 0.6 is 0 Å². The lowest BCUT2D eigenvalue weighted by Crippen LogP contribution is -2.57. The molecule has 14 heteroatoms. The molecule has 3 N–H and O–H groups in total. The summed E-state index contributed by atoms with van der Waals surface area (Å²) >= 11 is 0. The molecule has 1 aromatic rings. The number of hydrogen-bond donors (Lipinski definition) is 3. The third-order valence-corrected chi connectivity index (χ3v) is 8.67. The van der Waals surface area contributed by atoms with E-state index in [0.29, 0.717) is 37.2 Å². The van der Waals surface area contributed by atoms with Gasteiger partial charge in [-0.15, -0.1) is 0 Å². The first-order valence-corrected chi connectivity index (χ1v) is 13.4. The molecule has 0 aliphatic heterocycles. The second kappa shape index (κ2) is 9.72. The lowest BCUT2D eigenvalue weighted by molar-refractivity contribution is -0.268. The topological polar surface area (TPSA) is 147 Å². The molecule has 0 aromatic heterocycles. The third kappa shape index (κ3) is 5.82. The number of hydrogen-bond acceptors (Lipinski definition) is 8. The first-order chi connectivity index (χ1) is 17.5. The van der Waals surface area contributed by atoms with Crippen molar-refractivity contribution in [2.24, 2.45) is 17.3 Å². The maximum absolute atomic E-state index is 12.9. The molecule has 0 radical (unpaired) electrons. The monoisotopic (exact) mass is 568 g/mol. The second-order valence-electron chi connectivity index (χ2n) is 11.0. The molecule has 4 saturated carbocycles. The second-order valence-corrected chi connectivity index (χ2v) is 12.5. The van der Waals surface area contributed by atoms with Gasteiger partial charge in [0.1, 0.15) is 6.67 Å². The summed E-state index contributed by atoms with van der Waals surface area (Å²) in [6.07, 6.45) is -2.25. The Morgan fingerprint density at radius 3 is 2.03 bits per heavy atom. The molecule has 0 saturated heterocycles. The number of carbonyl (C=O) groups is 2. The standard InChI is InChI=1S/C24H28F4O9S/c25-12-23(32,24(26,27)28)1-2-36-19(29)16-4-17(6-18(5-16)38(33,34)35)20(30)37-13-21-7-14-3-15(8-21)10-22(31,9-14)11-21/h4-6,14-15,31-32H,1-3,7-13H2,(H,33,34,35). The predicted octanol–water partition coefficient (Wildman–Crippen LogP) is 3.23. The highest BCUT2D eigenvalue weighted by molar-refractivity contribution is 7.85. The van der Waals surface area contributed by atoms with Crippen LogP contribution in [0.3, 0.4) is 0 Å². The smallest absolute Gasteiger partial charge is 0.419 e. The van der Waals surface area contributed by atoms with Gasteiger partial charge in [0.25, 0.3) is 10.1 Å². The SMILES string of the molecule is O=C(OCCC(O)(CF)C(F)(F)F)c1cc(C(=O)OCC23CC4CC(CC(O)(C4)C2)C3)cc(S(=O)(=O)O)c1. The lowest BCUT2D eigenvalue weighted by atomic mass is 9.48. The van der Waals surface area contributed by atoms with E-state index in [4.69, 9.17) is 4.74 Å². The molecular weight excluding hydrogens is 540 g/mol. The van der Waals surface area contributed by atoms with Gasteiger partial charge in [-0.3, -0.25) is 4.55 Å². The summed E-state index contributed by atoms with van der Waals surface area (Å²) in [6, 6.07) is 2.30. The van der Waals surface area contributed by atoms with Gasteiger partial charge < -0.3 is 19.7 Å². The highest BCUT2D eigenvalue weighted by Crippen LogP contribution is 2.61. The van der Waals surface area contributed by atoms with Crippen LogP contribution in [0.15, 0.2) is 23.1 Å². The quantitative estimate of drug-likeness (QED) is 0.232. The predicted molar refractivity (Wildman–Crippen MR) is 120 cm³/mol. The summed E-state index contributed by atoms with van der Waals surface area (Å²) in [6.45, 7) is -3.30. The minimum Gasteiger partial charge on any atom is -0.462 e. The van der Waals surface area contributed by atoms with Crippen LogP contribution in [0.25, 0.3) is 0 Å². The van der Waals surface area contributed by atoms with Crippen LogP contribution in [-0.4, -0.2) is 72.4 Å². The number of esters is 2. The van der Waals surface area contributed by atoms with Crippen LogP contribution in [0.4, 0.5) is 17.6 Å². The van der Waals surface area contributed by atoms with Gasteiger partial charge in [0.2, 0.25) is 0 Å². The van der Waals surface area contributed by atoms with Crippen molar-refractivity contribution in [3.05, 3.63) is 29.3 Å². The van der Waals surface area contributed by atoms with Gasteiger partial charge in [-0.1, -0.05) is 0 Å². The maximum Gasteiger partial charge on any atom is 0.419 e. The Bertz CT molecular complexity index is 1200. The molecule has 5 rings (SSSR count). The van der Waals surface area contributed by atoms with E-state index in [2.05, 4.69) is 4.74 Å². The maximum atomic E-state index is 12.9. The Kier molecular flexibility index (Phi) is 7.34. The average Bonchev–Trinajstić information content (AvgIpc) is 2.79. The number of benzene rings is 1. The first kappa shape index (κ1) is 28.7. The normalized spacial score (nSPS) is 30.1. The van der Waals surface area contributed by atoms with E-state index >= 15 is 0 Å². The number of halogens is 4. The van der Waals surface area contributed by atoms with Crippen molar-refractivity contribution >= 4 is 22.1 Å². The van der Waals surface area contributed by atoms with Gasteiger partial charge in [-0.2, -0.15) is 21.6 Å². The molecule has 0 spiro atoms. The molecule has 4 aliphatic rings. The van der Waals surface area contributed by atoms with Gasteiger partial charge in [-0.05, 0) is 68.6 Å². The van der Waals surface area contributed by atoms with Crippen LogP contribution < -0.4 is 0 Å². The Labute approximate surface area is 215 Å². The van der Waals surface area contributed by atoms with E-state index < -0.39 is 80.6 Å². The summed E-state index contributed by atoms with van der Waals surface area (Å²) in [5.74, 6) is -1.76. The minimum atomic E-state index is -5.33. The molecule has 0 heterocycles. The molecule has 4 aliphatic carbocycles. The molecule has 3 atom stereocenters. The number of carbonyl (C=O) groups excluding carboxylic acids is 2. The van der Waals surface area contributed by atoms with E-state index in [-0.39, 0.29) is 6.61 Å². The van der Waals surface area contributed by atoms with E-state index in [9.17, 15) is 50.3 Å². The van der Waals surface area contributed by atoms with Crippen LogP contribution in [0.2, 0.25) is 0 Å². The van der Waals surface area contributed by atoms with E-state index in [1.165, 1.54) is 0 Å². The summed E-state index contributed by atoms with van der Waals surface area (Å²) in [4.78, 5) is 24.4. The molecule has 212 valence electrons. The fourth-order valence-electron chi connectivity index (χ4n) is 6.54. The van der Waals surface area contributed by atoms with Crippen molar-refractivity contribution in [3.63, 3.8) is 0 Å². The number of alkyl halides is 4. The van der Waals surface area contributed by atoms with Gasteiger partial charge in [0.05, 0.1) is 34.8 Å². The van der Waals surface area contributed by atoms with Gasteiger partial charge >= 0.3 is 18.1 Å². The molecule has 4 fully saturated rings. The lowest BCUT2D eigenvalue weighted by Gasteiger charge is -2.59. The van der Waals surface area contributed by atoms with E-state index in [1.54, 1.807) is 0 Å². The molecular formula is C24H28F4O9S. The third-order valence-electron chi connectivity index (χ3n) is 7.83. The zero-order chi connectivity index (χ0) is 28.1. The fourth-order valence-corrected chi connectivity index (χ4v) is 7.09. The number of aliphatic hydroxyl groups is 2. The molecule has 0 amide bonds. The van der Waals surface area contributed by atoms with Crippen molar-refractivity contribution in [2.45, 2.75) is 67.2 Å². The Hall–Kier alpha value is -2.29. The van der Waals surface area contributed by atoms with Crippen molar-refractivity contribution < 1.29 is 59.8 Å². The van der Waals surface area contributed by atoms with E-state index in [1.807, 2.05) is 0 Å². The Balaban J connectivity index is 1.48. The zero-order valence-electron chi connectivity index (χ0n) is 20.2. The Morgan fingerprint density at radius 1 is 1.00 bits per heavy atom. The average molecular weight is 569 g/mol. The summed E-state index contributed by atoms with van der Waals surface area (Å²) in [5, 5.41) is 20.3. The van der Waals surface area contributed by atoms with Gasteiger partial charge in [0, 0.05) is 11.8 Å². The molecule has 1 aromatic carbocycles. The van der Waals surface area contributed by atoms with Gasteiger partial charge in [0.15, 0.2) is 5.60 Å². The summed E-state index contributed by atoms with van der Waals surface area (Å²) in [7, 11) is -4.93. The fraction of sp³-hybridized carbons (Fsp3) is 0.667. The number of rotatable bonds is 9. The minimum absolute atomic E-state index is 0.0454. The van der Waals surface area contributed by atoms with Crippen molar-refractivity contribution in [3.8, 4) is 0 Å². The molecule has 38 heavy (non-hydrogen) atoms. The Morgan fingerprint density at radius 2 is 1.55 bits per heavy atom. The highest BCUT2D eigenvalue weighted by atomic mass is 32.2. The number of ether oxygens (including phenoxy) is 2. The zero-order valence-corrected chi connectivity index (χ0v) is 21.0. The van der Waals surface area contributed by atoms with Gasteiger partial charge in [-0.25, -0.2) is 14.0 Å². The summed E-state index contributed by atoms with van der Waals surface area (Å²) in [5.41, 5.74) is -6.03. The van der Waals surface area contributed by atoms with Crippen molar-refractivity contribution in [2.75, 3.05) is 19.9 Å². The highest BCUT2D eigenvalue weighted by Gasteiger charge is 2.57. The van der Waals surface area contributed by atoms with E-state index in [0.717, 1.165) is 31.4 Å².